The first kappa shape index (κ1) is 14.7. The molecule has 0 saturated carbocycles. The van der Waals surface area contributed by atoms with Gasteiger partial charge in [-0.05, 0) is 18.6 Å². The van der Waals surface area contributed by atoms with Crippen LogP contribution >= 0.6 is 0 Å². The lowest BCUT2D eigenvalue weighted by Crippen LogP contribution is -2.48. The van der Waals surface area contributed by atoms with Gasteiger partial charge in [-0.15, -0.1) is 0 Å². The van der Waals surface area contributed by atoms with E-state index in [4.69, 9.17) is 0 Å². The highest BCUT2D eigenvalue weighted by Crippen LogP contribution is 2.18. The van der Waals surface area contributed by atoms with E-state index >= 15 is 0 Å². The minimum Gasteiger partial charge on any atom is -0.350 e. The number of nitrogens with zero attached hydrogens (tertiary/aromatic N) is 2. The molecule has 1 aromatic heterocycles. The quantitative estimate of drug-likeness (QED) is 0.630. The van der Waals surface area contributed by atoms with Crippen LogP contribution in [0.2, 0.25) is 0 Å². The number of rotatable bonds is 5. The molecule has 3 atom stereocenters. The third-order valence-corrected chi connectivity index (χ3v) is 3.64. The van der Waals surface area contributed by atoms with Gasteiger partial charge in [0, 0.05) is 18.4 Å². The highest BCUT2D eigenvalue weighted by Gasteiger charge is 2.34. The number of aromatic nitrogens is 2. The average Bonchev–Trinajstić information content (AvgIpc) is 3.18. The van der Waals surface area contributed by atoms with Crippen LogP contribution in [0.1, 0.15) is 18.5 Å². The molecule has 0 radical (unpaired) electrons. The van der Waals surface area contributed by atoms with Gasteiger partial charge < -0.3 is 5.32 Å². The topological polar surface area (TPSA) is 83.0 Å². The summed E-state index contributed by atoms with van der Waals surface area (Å²) in [6.45, 7) is 2.61. The number of hydrogen-bond donors (Lipinski definition) is 4. The van der Waals surface area contributed by atoms with Crippen molar-refractivity contribution >= 4 is 5.91 Å². The number of amides is 1. The first-order valence-corrected chi connectivity index (χ1v) is 7.33. The molecule has 1 saturated heterocycles. The van der Waals surface area contributed by atoms with Crippen molar-refractivity contribution in [2.24, 2.45) is 0 Å². The summed E-state index contributed by atoms with van der Waals surface area (Å²) in [7, 11) is 0. The van der Waals surface area contributed by atoms with E-state index in [1.807, 2.05) is 49.5 Å². The molecule has 22 heavy (non-hydrogen) atoms. The minimum absolute atomic E-state index is 0.00813. The summed E-state index contributed by atoms with van der Waals surface area (Å²) in [5.74, 6) is -0.0500. The lowest BCUT2D eigenvalue weighted by Gasteiger charge is -2.21. The van der Waals surface area contributed by atoms with Crippen molar-refractivity contribution < 1.29 is 4.79 Å². The maximum atomic E-state index is 12.5. The zero-order chi connectivity index (χ0) is 15.4. The third-order valence-electron chi connectivity index (χ3n) is 3.64. The largest absolute Gasteiger partial charge is 0.350 e. The van der Waals surface area contributed by atoms with Crippen LogP contribution in [0.3, 0.4) is 0 Å². The zero-order valence-corrected chi connectivity index (χ0v) is 12.4. The van der Waals surface area contributed by atoms with E-state index < -0.39 is 0 Å². The minimum atomic E-state index is -0.373. The molecule has 4 N–H and O–H groups in total. The molecule has 2 heterocycles. The van der Waals surface area contributed by atoms with E-state index in [0.717, 1.165) is 5.56 Å². The van der Waals surface area contributed by atoms with Crippen molar-refractivity contribution in [3.63, 3.8) is 0 Å². The number of nitrogens with one attached hydrogen (secondary N) is 4. The van der Waals surface area contributed by atoms with Crippen LogP contribution in [-0.4, -0.2) is 27.8 Å². The molecule has 0 spiro atoms. The van der Waals surface area contributed by atoms with E-state index in [0.29, 0.717) is 6.54 Å². The highest BCUT2D eigenvalue weighted by atomic mass is 16.2. The maximum Gasteiger partial charge on any atom is 0.240 e. The standard InChI is InChI=1S/C15H20N6O/c1-11(10-21-9-5-8-16-21)17-15(22)14-13(18-20-19-14)12-6-3-2-4-7-12/h2-9,11,13-14,18-20H,10H2,1H3,(H,17,22). The lowest BCUT2D eigenvalue weighted by atomic mass is 10.00. The Morgan fingerprint density at radius 3 is 2.86 bits per heavy atom. The Labute approximate surface area is 129 Å². The molecule has 7 heteroatoms. The third kappa shape index (κ3) is 3.33. The van der Waals surface area contributed by atoms with Crippen molar-refractivity contribution in [2.45, 2.75) is 31.6 Å². The summed E-state index contributed by atoms with van der Waals surface area (Å²) >= 11 is 0. The van der Waals surface area contributed by atoms with Crippen molar-refractivity contribution in [3.05, 3.63) is 54.4 Å². The molecule has 2 aromatic rings. The Kier molecular flexibility index (Phi) is 4.47. The normalized spacial score (nSPS) is 22.4. The molecule has 3 rings (SSSR count). The molecule has 1 aliphatic rings. The Bertz CT molecular complexity index is 600. The summed E-state index contributed by atoms with van der Waals surface area (Å²) in [5.41, 5.74) is 9.95. The molecule has 1 amide bonds. The highest BCUT2D eigenvalue weighted by molar-refractivity contribution is 5.83. The summed E-state index contributed by atoms with van der Waals surface area (Å²) < 4.78 is 1.80. The fourth-order valence-electron chi connectivity index (χ4n) is 2.58. The van der Waals surface area contributed by atoms with Crippen LogP contribution in [0.25, 0.3) is 0 Å². The molecule has 1 aromatic carbocycles. The molecule has 1 fully saturated rings. The van der Waals surface area contributed by atoms with Gasteiger partial charge in [0.1, 0.15) is 6.04 Å². The van der Waals surface area contributed by atoms with Gasteiger partial charge in [-0.2, -0.15) is 10.6 Å². The molecule has 3 unspecified atom stereocenters. The molecular formula is C15H20N6O. The SMILES string of the molecule is CC(Cn1cccn1)NC(=O)C1NNNC1c1ccccc1. The van der Waals surface area contributed by atoms with Gasteiger partial charge >= 0.3 is 0 Å². The van der Waals surface area contributed by atoms with Crippen LogP contribution in [-0.2, 0) is 11.3 Å². The summed E-state index contributed by atoms with van der Waals surface area (Å²) in [4.78, 5) is 12.5. The van der Waals surface area contributed by atoms with E-state index in [1.165, 1.54) is 0 Å². The van der Waals surface area contributed by atoms with Crippen LogP contribution in [0.15, 0.2) is 48.8 Å². The van der Waals surface area contributed by atoms with Gasteiger partial charge in [-0.1, -0.05) is 30.3 Å². The molecule has 1 aliphatic heterocycles. The number of hydrogen-bond acceptors (Lipinski definition) is 5. The van der Waals surface area contributed by atoms with Gasteiger partial charge in [0.15, 0.2) is 0 Å². The Morgan fingerprint density at radius 1 is 1.32 bits per heavy atom. The molecular weight excluding hydrogens is 280 g/mol. The van der Waals surface area contributed by atoms with Crippen molar-refractivity contribution in [1.29, 1.82) is 0 Å². The summed E-state index contributed by atoms with van der Waals surface area (Å²) in [5, 5.41) is 7.17. The monoisotopic (exact) mass is 300 g/mol. The second-order valence-corrected chi connectivity index (χ2v) is 5.42. The lowest BCUT2D eigenvalue weighted by molar-refractivity contribution is -0.123. The van der Waals surface area contributed by atoms with Gasteiger partial charge in [-0.3, -0.25) is 9.48 Å². The van der Waals surface area contributed by atoms with Crippen LogP contribution in [0.4, 0.5) is 0 Å². The first-order chi connectivity index (χ1) is 10.7. The predicted octanol–water partition coefficient (Wildman–Crippen LogP) is 0.110. The molecule has 0 bridgehead atoms. The fraction of sp³-hybridized carbons (Fsp3) is 0.333. The van der Waals surface area contributed by atoms with Crippen molar-refractivity contribution in [3.8, 4) is 0 Å². The number of carbonyl (C=O) groups excluding carboxylic acids is 1. The average molecular weight is 300 g/mol. The van der Waals surface area contributed by atoms with Gasteiger partial charge in [0.2, 0.25) is 5.91 Å². The molecule has 116 valence electrons. The summed E-state index contributed by atoms with van der Waals surface area (Å²) in [6.07, 6.45) is 3.61. The van der Waals surface area contributed by atoms with E-state index in [1.54, 1.807) is 10.9 Å². The number of carbonyl (C=O) groups is 1. The Morgan fingerprint density at radius 2 is 2.14 bits per heavy atom. The fourth-order valence-corrected chi connectivity index (χ4v) is 2.58. The molecule has 7 nitrogen and oxygen atoms in total. The Hall–Kier alpha value is -2.22. The Balaban J connectivity index is 1.61. The number of benzene rings is 1. The van der Waals surface area contributed by atoms with Crippen LogP contribution in [0.5, 0.6) is 0 Å². The van der Waals surface area contributed by atoms with Crippen molar-refractivity contribution in [1.82, 2.24) is 31.5 Å². The molecule has 0 aliphatic carbocycles. The predicted molar refractivity (Wildman–Crippen MR) is 82.2 cm³/mol. The number of hydrazine groups is 2. The van der Waals surface area contributed by atoms with E-state index in [2.05, 4.69) is 26.8 Å². The van der Waals surface area contributed by atoms with E-state index in [-0.39, 0.29) is 24.0 Å². The van der Waals surface area contributed by atoms with Crippen molar-refractivity contribution in [2.75, 3.05) is 0 Å². The maximum absolute atomic E-state index is 12.5. The van der Waals surface area contributed by atoms with Gasteiger partial charge in [0.25, 0.3) is 0 Å². The first-order valence-electron chi connectivity index (χ1n) is 7.33. The van der Waals surface area contributed by atoms with Crippen LogP contribution in [0, 0.1) is 0 Å². The second kappa shape index (κ2) is 6.69. The summed E-state index contributed by atoms with van der Waals surface area (Å²) in [6, 6.07) is 11.3. The zero-order valence-electron chi connectivity index (χ0n) is 12.4. The van der Waals surface area contributed by atoms with Gasteiger partial charge in [-0.25, -0.2) is 10.9 Å². The van der Waals surface area contributed by atoms with E-state index in [9.17, 15) is 4.79 Å². The second-order valence-electron chi connectivity index (χ2n) is 5.42. The van der Waals surface area contributed by atoms with Crippen LogP contribution < -0.4 is 21.7 Å². The smallest absolute Gasteiger partial charge is 0.240 e. The van der Waals surface area contributed by atoms with Gasteiger partial charge in [0.05, 0.1) is 12.6 Å².